The van der Waals surface area contributed by atoms with E-state index in [0.717, 1.165) is 0 Å². The molecule has 0 aliphatic carbocycles. The lowest BCUT2D eigenvalue weighted by Crippen LogP contribution is -2.34. The van der Waals surface area contributed by atoms with E-state index in [0.29, 0.717) is 10.6 Å². The first-order chi connectivity index (χ1) is 9.99. The first-order valence-corrected chi connectivity index (χ1v) is 7.53. The third kappa shape index (κ3) is 3.86. The molecule has 1 unspecified atom stereocenters. The minimum atomic E-state index is -0.598. The molecule has 6 heteroatoms. The highest BCUT2D eigenvalue weighted by atomic mass is 32.1. The number of hydrogen-bond acceptors (Lipinski definition) is 4. The number of aliphatic hydroxyl groups excluding tert-OH is 1. The van der Waals surface area contributed by atoms with Gasteiger partial charge in [0.1, 0.15) is 16.5 Å². The van der Waals surface area contributed by atoms with Crippen molar-refractivity contribution in [2.24, 2.45) is 5.92 Å². The van der Waals surface area contributed by atoms with Gasteiger partial charge in [0.05, 0.1) is 6.10 Å². The van der Waals surface area contributed by atoms with Gasteiger partial charge in [0.2, 0.25) is 0 Å². The fourth-order valence-corrected chi connectivity index (χ4v) is 2.49. The predicted octanol–water partition coefficient (Wildman–Crippen LogP) is 2.70. The minimum Gasteiger partial charge on any atom is -0.391 e. The van der Waals surface area contributed by atoms with Crippen molar-refractivity contribution in [2.75, 3.05) is 6.54 Å². The predicted molar refractivity (Wildman–Crippen MR) is 80.7 cm³/mol. The van der Waals surface area contributed by atoms with Crippen molar-refractivity contribution in [3.05, 3.63) is 41.2 Å². The van der Waals surface area contributed by atoms with E-state index in [4.69, 9.17) is 0 Å². The second-order valence-electron chi connectivity index (χ2n) is 5.04. The molecule has 1 heterocycles. The maximum absolute atomic E-state index is 13.7. The van der Waals surface area contributed by atoms with E-state index < -0.39 is 6.10 Å². The molecule has 4 nitrogen and oxygen atoms in total. The zero-order chi connectivity index (χ0) is 15.4. The number of halogens is 1. The lowest BCUT2D eigenvalue weighted by molar-refractivity contribution is 0.0868. The number of aromatic nitrogens is 1. The Kier molecular flexibility index (Phi) is 5.03. The molecule has 1 aromatic heterocycles. The molecule has 1 atom stereocenters. The highest BCUT2D eigenvalue weighted by Gasteiger charge is 2.16. The van der Waals surface area contributed by atoms with Crippen molar-refractivity contribution >= 4 is 17.2 Å². The molecule has 0 saturated carbocycles. The van der Waals surface area contributed by atoms with Gasteiger partial charge in [-0.1, -0.05) is 26.0 Å². The molecule has 21 heavy (non-hydrogen) atoms. The average Bonchev–Trinajstić information content (AvgIpc) is 2.94. The van der Waals surface area contributed by atoms with Gasteiger partial charge in [-0.3, -0.25) is 4.79 Å². The molecule has 0 spiro atoms. The van der Waals surface area contributed by atoms with Crippen LogP contribution in [-0.4, -0.2) is 28.6 Å². The molecule has 0 bridgehead atoms. The summed E-state index contributed by atoms with van der Waals surface area (Å²) < 4.78 is 13.7. The van der Waals surface area contributed by atoms with Crippen LogP contribution in [0.5, 0.6) is 0 Å². The van der Waals surface area contributed by atoms with Crippen molar-refractivity contribution in [2.45, 2.75) is 20.0 Å². The quantitative estimate of drug-likeness (QED) is 0.892. The zero-order valence-electron chi connectivity index (χ0n) is 11.8. The Morgan fingerprint density at radius 3 is 2.81 bits per heavy atom. The first kappa shape index (κ1) is 15.6. The number of nitrogens with one attached hydrogen (secondary N) is 1. The highest BCUT2D eigenvalue weighted by Crippen LogP contribution is 2.25. The van der Waals surface area contributed by atoms with E-state index in [1.54, 1.807) is 23.6 Å². The number of benzene rings is 1. The Morgan fingerprint density at radius 2 is 2.14 bits per heavy atom. The molecule has 0 aliphatic rings. The summed E-state index contributed by atoms with van der Waals surface area (Å²) in [6.07, 6.45) is -0.598. The number of amides is 1. The van der Waals surface area contributed by atoms with Crippen LogP contribution in [0.25, 0.3) is 10.6 Å². The SMILES string of the molecule is CC(C)C(O)CNC(=O)c1csc(-c2ccccc2F)n1. The van der Waals surface area contributed by atoms with Gasteiger partial charge in [-0.25, -0.2) is 9.37 Å². The van der Waals surface area contributed by atoms with Crippen molar-refractivity contribution in [3.8, 4) is 10.6 Å². The van der Waals surface area contributed by atoms with Gasteiger partial charge in [0.25, 0.3) is 5.91 Å². The Bertz CT molecular complexity index is 628. The van der Waals surface area contributed by atoms with Crippen LogP contribution in [0.1, 0.15) is 24.3 Å². The summed E-state index contributed by atoms with van der Waals surface area (Å²) in [5.74, 6) is -0.669. The van der Waals surface area contributed by atoms with Crippen LogP contribution in [0.15, 0.2) is 29.6 Å². The maximum atomic E-state index is 13.7. The fraction of sp³-hybridized carbons (Fsp3) is 0.333. The van der Waals surface area contributed by atoms with Gasteiger partial charge in [-0.2, -0.15) is 0 Å². The molecule has 1 amide bonds. The maximum Gasteiger partial charge on any atom is 0.270 e. The number of thiazole rings is 1. The Labute approximate surface area is 126 Å². The summed E-state index contributed by atoms with van der Waals surface area (Å²) in [5, 5.41) is 14.3. The third-order valence-corrected chi connectivity index (χ3v) is 3.96. The van der Waals surface area contributed by atoms with Crippen LogP contribution in [0, 0.1) is 11.7 Å². The van der Waals surface area contributed by atoms with Gasteiger partial charge in [0, 0.05) is 17.5 Å². The number of carbonyl (C=O) groups is 1. The zero-order valence-corrected chi connectivity index (χ0v) is 12.7. The second kappa shape index (κ2) is 6.78. The average molecular weight is 308 g/mol. The topological polar surface area (TPSA) is 62.2 Å². The van der Waals surface area contributed by atoms with Gasteiger partial charge in [0.15, 0.2) is 0 Å². The minimum absolute atomic E-state index is 0.0645. The van der Waals surface area contributed by atoms with Crippen LogP contribution in [0.3, 0.4) is 0 Å². The number of hydrogen-bond donors (Lipinski definition) is 2. The molecular formula is C15H17FN2O2S. The summed E-state index contributed by atoms with van der Waals surface area (Å²) in [6, 6.07) is 6.31. The smallest absolute Gasteiger partial charge is 0.270 e. The second-order valence-corrected chi connectivity index (χ2v) is 5.90. The van der Waals surface area contributed by atoms with Gasteiger partial charge < -0.3 is 10.4 Å². The molecule has 112 valence electrons. The largest absolute Gasteiger partial charge is 0.391 e. The number of rotatable bonds is 5. The van der Waals surface area contributed by atoms with Crippen LogP contribution in [0.2, 0.25) is 0 Å². The van der Waals surface area contributed by atoms with E-state index in [1.165, 1.54) is 17.4 Å². The summed E-state index contributed by atoms with van der Waals surface area (Å²) in [4.78, 5) is 16.1. The van der Waals surface area contributed by atoms with Crippen molar-refractivity contribution in [3.63, 3.8) is 0 Å². The highest BCUT2D eigenvalue weighted by molar-refractivity contribution is 7.13. The summed E-state index contributed by atoms with van der Waals surface area (Å²) >= 11 is 1.21. The molecule has 2 N–H and O–H groups in total. The van der Waals surface area contributed by atoms with E-state index >= 15 is 0 Å². The van der Waals surface area contributed by atoms with Gasteiger partial charge in [-0.15, -0.1) is 11.3 Å². The summed E-state index contributed by atoms with van der Waals surface area (Å²) in [6.45, 7) is 3.91. The van der Waals surface area contributed by atoms with E-state index in [9.17, 15) is 14.3 Å². The molecule has 2 aromatic rings. The summed E-state index contributed by atoms with van der Waals surface area (Å²) in [5.41, 5.74) is 0.609. The Hall–Kier alpha value is -1.79. The molecule has 2 rings (SSSR count). The lowest BCUT2D eigenvalue weighted by atomic mass is 10.1. The van der Waals surface area contributed by atoms with E-state index in [-0.39, 0.29) is 29.9 Å². The van der Waals surface area contributed by atoms with Crippen LogP contribution in [0.4, 0.5) is 4.39 Å². The van der Waals surface area contributed by atoms with Crippen LogP contribution in [-0.2, 0) is 0 Å². The van der Waals surface area contributed by atoms with E-state index in [1.807, 2.05) is 13.8 Å². The molecule has 0 saturated heterocycles. The first-order valence-electron chi connectivity index (χ1n) is 6.65. The molecule has 1 aromatic carbocycles. The van der Waals surface area contributed by atoms with Gasteiger partial charge >= 0.3 is 0 Å². The van der Waals surface area contributed by atoms with Crippen molar-refractivity contribution in [1.29, 1.82) is 0 Å². The van der Waals surface area contributed by atoms with Gasteiger partial charge in [-0.05, 0) is 18.1 Å². The Balaban J connectivity index is 2.06. The number of aliphatic hydroxyl groups is 1. The monoisotopic (exact) mass is 308 g/mol. The normalized spacial score (nSPS) is 12.4. The molecule has 0 fully saturated rings. The Morgan fingerprint density at radius 1 is 1.43 bits per heavy atom. The van der Waals surface area contributed by atoms with Crippen molar-refractivity contribution < 1.29 is 14.3 Å². The summed E-state index contributed by atoms with van der Waals surface area (Å²) in [7, 11) is 0. The third-order valence-electron chi connectivity index (χ3n) is 3.08. The van der Waals surface area contributed by atoms with Crippen molar-refractivity contribution in [1.82, 2.24) is 10.3 Å². The number of nitrogens with zero attached hydrogens (tertiary/aromatic N) is 1. The molecule has 0 aliphatic heterocycles. The van der Waals surface area contributed by atoms with Crippen LogP contribution < -0.4 is 5.32 Å². The standard InChI is InChI=1S/C15H17FN2O2S/c1-9(2)13(19)7-17-14(20)12-8-21-15(18-12)10-5-3-4-6-11(10)16/h3-6,8-9,13,19H,7H2,1-2H3,(H,17,20). The molecule has 0 radical (unpaired) electrons. The van der Waals surface area contributed by atoms with E-state index in [2.05, 4.69) is 10.3 Å². The molecular weight excluding hydrogens is 291 g/mol. The van der Waals surface area contributed by atoms with Crippen LogP contribution >= 0.6 is 11.3 Å². The lowest BCUT2D eigenvalue weighted by Gasteiger charge is -2.14. The fourth-order valence-electron chi connectivity index (χ4n) is 1.66. The number of carbonyl (C=O) groups excluding carboxylic acids is 1.